The Morgan fingerprint density at radius 1 is 0.246 bits per heavy atom. The van der Waals surface area contributed by atoms with Gasteiger partial charge >= 0.3 is 0 Å². The third kappa shape index (κ3) is 13.4. The minimum Gasteiger partial charge on any atom is -0.455 e. The number of benzene rings is 18. The number of furan rings is 2. The maximum atomic E-state index is 7.68. The lowest BCUT2D eigenvalue weighted by molar-refractivity contribution is 0.514. The van der Waals surface area contributed by atoms with E-state index in [1.165, 1.54) is 112 Å². The molecule has 0 spiro atoms. The summed E-state index contributed by atoms with van der Waals surface area (Å²) in [4.78, 5) is 5.08. The molecule has 0 aliphatic carbocycles. The van der Waals surface area contributed by atoms with Gasteiger partial charge in [0.25, 0.3) is 0 Å². The van der Waals surface area contributed by atoms with E-state index in [2.05, 4.69) is 456 Å². The fraction of sp³-hybridized carbons (Fsp3) is 0.133. The van der Waals surface area contributed by atoms with Crippen LogP contribution in [0.4, 0.5) is 34.1 Å². The molecule has 0 fully saturated rings. The van der Waals surface area contributed by atoms with Gasteiger partial charge in [-0.25, -0.2) is 0 Å². The average molecular weight is 1660 g/mol. The van der Waals surface area contributed by atoms with Crippen molar-refractivity contribution in [2.75, 3.05) is 9.80 Å². The Labute approximate surface area is 744 Å². The van der Waals surface area contributed by atoms with Crippen LogP contribution in [0, 0.1) is 0 Å². The van der Waals surface area contributed by atoms with E-state index in [1.54, 1.807) is 0 Å². The number of rotatable bonds is 15. The summed E-state index contributed by atoms with van der Waals surface area (Å²) in [5, 5.41) is 14.2. The monoisotopic (exact) mass is 1660 g/mol. The molecular formula is C120H96N2O2S2. The van der Waals surface area contributed by atoms with Crippen LogP contribution in [0.1, 0.15) is 104 Å². The molecule has 6 heteroatoms. The largest absolute Gasteiger partial charge is 0.455 e. The molecule has 0 saturated heterocycles. The van der Waals surface area contributed by atoms with E-state index in [4.69, 9.17) is 8.83 Å². The lowest BCUT2D eigenvalue weighted by Crippen LogP contribution is -2.22. The maximum Gasteiger partial charge on any atom is 0.143 e. The lowest BCUT2D eigenvalue weighted by atomic mass is 9.74. The quantitative estimate of drug-likeness (QED) is 0.102. The van der Waals surface area contributed by atoms with Gasteiger partial charge in [0, 0.05) is 86.0 Å². The molecule has 4 heterocycles. The number of nitrogens with zero attached hydrogens (tertiary/aromatic N) is 2. The van der Waals surface area contributed by atoms with Crippen LogP contribution in [-0.2, 0) is 28.1 Å². The second-order valence-corrected chi connectivity index (χ2v) is 40.1. The molecule has 22 rings (SSSR count). The van der Waals surface area contributed by atoms with Gasteiger partial charge in [0.1, 0.15) is 22.3 Å². The summed E-state index contributed by atoms with van der Waals surface area (Å²) in [6.07, 6.45) is 0.716. The number of fused-ring (bicyclic) bond motifs is 14. The zero-order valence-corrected chi connectivity index (χ0v) is 74.6. The van der Waals surface area contributed by atoms with E-state index < -0.39 is 5.41 Å². The lowest BCUT2D eigenvalue weighted by Gasteiger charge is -2.30. The SMILES string of the molecule is CC(C)(C)c1cc(-c2cccc3cccc(-c4ccccc4N(c4ccccc4-c4cccc5c4oc4c(CC(C)(C)c6cc(-c7cccc8cccc(-c9ccccc9N(c9cccc(-c%10cccc%11c%10oc%10ccccc%10%11)c9)c9cccc%10c9sc9ccccc9%10)c78)cc(C(C)(C)C)c6)cccc45)c4cccc5c4sc4ccccc45)c23)cc(C(C)(C)C)c1. The molecule has 0 amide bonds. The Morgan fingerprint density at radius 2 is 0.611 bits per heavy atom. The Hall–Kier alpha value is -13.9. The minimum atomic E-state index is -0.393. The Bertz CT molecular complexity index is 8100. The topological polar surface area (TPSA) is 32.8 Å². The van der Waals surface area contributed by atoms with Gasteiger partial charge in [-0.3, -0.25) is 0 Å². The summed E-state index contributed by atoms with van der Waals surface area (Å²) >= 11 is 3.73. The van der Waals surface area contributed by atoms with Gasteiger partial charge in [0.2, 0.25) is 0 Å². The van der Waals surface area contributed by atoms with Gasteiger partial charge in [-0.1, -0.05) is 386 Å². The predicted molar refractivity (Wildman–Crippen MR) is 543 cm³/mol. The first kappa shape index (κ1) is 78.1. The van der Waals surface area contributed by atoms with E-state index in [0.29, 0.717) is 6.42 Å². The van der Waals surface area contributed by atoms with Gasteiger partial charge in [0.15, 0.2) is 0 Å². The van der Waals surface area contributed by atoms with Crippen molar-refractivity contribution in [3.8, 4) is 66.8 Å². The van der Waals surface area contributed by atoms with E-state index in [1.807, 2.05) is 22.7 Å². The van der Waals surface area contributed by atoms with Crippen molar-refractivity contribution >= 4 is 163 Å². The number of thiophene rings is 2. The van der Waals surface area contributed by atoms with E-state index in [-0.39, 0.29) is 16.2 Å². The summed E-state index contributed by atoms with van der Waals surface area (Å²) in [6, 6.07) is 138. The summed E-state index contributed by atoms with van der Waals surface area (Å²) in [5.74, 6) is 0. The van der Waals surface area contributed by atoms with Crippen LogP contribution in [0.2, 0.25) is 0 Å². The normalized spacial score (nSPS) is 12.4. The molecule has 0 aliphatic rings. The van der Waals surface area contributed by atoms with Crippen LogP contribution in [0.15, 0.2) is 379 Å². The van der Waals surface area contributed by atoms with Crippen molar-refractivity contribution in [1.29, 1.82) is 0 Å². The molecular weight excluding hydrogens is 1570 g/mol. The van der Waals surface area contributed by atoms with Gasteiger partial charge < -0.3 is 18.6 Å². The first-order chi connectivity index (χ1) is 61.1. The fourth-order valence-corrected chi connectivity index (χ4v) is 22.2. The molecule has 0 aliphatic heterocycles. The van der Waals surface area contributed by atoms with E-state index >= 15 is 0 Å². The molecule has 0 N–H and O–H groups in total. The summed E-state index contributed by atoms with van der Waals surface area (Å²) in [7, 11) is 0. The summed E-state index contributed by atoms with van der Waals surface area (Å²) in [6.45, 7) is 25.9. The Balaban J connectivity index is 0.668. The molecule has 4 aromatic heterocycles. The number of hydrogen-bond acceptors (Lipinski definition) is 6. The second kappa shape index (κ2) is 30.2. The van der Waals surface area contributed by atoms with Crippen LogP contribution in [-0.4, -0.2) is 0 Å². The first-order valence-electron chi connectivity index (χ1n) is 44.1. The smallest absolute Gasteiger partial charge is 0.143 e. The molecule has 0 saturated carbocycles. The summed E-state index contributed by atoms with van der Waals surface area (Å²) < 4.78 is 19.4. The third-order valence-corrected chi connectivity index (χ3v) is 28.7. The Kier molecular flexibility index (Phi) is 18.7. The highest BCUT2D eigenvalue weighted by Gasteiger charge is 2.33. The van der Waals surface area contributed by atoms with Crippen LogP contribution in [0.5, 0.6) is 0 Å². The summed E-state index contributed by atoms with van der Waals surface area (Å²) in [5.41, 5.74) is 29.3. The third-order valence-electron chi connectivity index (χ3n) is 26.3. The van der Waals surface area contributed by atoms with Crippen molar-refractivity contribution in [3.63, 3.8) is 0 Å². The van der Waals surface area contributed by atoms with Crippen LogP contribution < -0.4 is 9.80 Å². The second-order valence-electron chi connectivity index (χ2n) is 38.0. The number of hydrogen-bond donors (Lipinski definition) is 0. The molecule has 126 heavy (non-hydrogen) atoms. The predicted octanol–water partition coefficient (Wildman–Crippen LogP) is 35.9. The molecule has 22 aromatic rings. The average Bonchev–Trinajstić information content (AvgIpc) is 1.38. The first-order valence-corrected chi connectivity index (χ1v) is 45.8. The van der Waals surface area contributed by atoms with E-state index in [0.717, 1.165) is 123 Å². The number of para-hydroxylation sites is 7. The number of anilines is 6. The molecule has 610 valence electrons. The van der Waals surface area contributed by atoms with Crippen molar-refractivity contribution in [3.05, 3.63) is 398 Å². The molecule has 0 radical (unpaired) electrons. The minimum absolute atomic E-state index is 0.0602. The maximum absolute atomic E-state index is 7.68. The van der Waals surface area contributed by atoms with Crippen molar-refractivity contribution in [2.45, 2.75) is 104 Å². The zero-order chi connectivity index (χ0) is 85.6. The standard InChI is InChI=1S/C120H96N2O2S2/c1-117(2,3)80-66-78(67-81(71-80)118(4,5)6)85-47-25-34-74-37-28-51-95(110(74)85)89-42-13-19-59-103(89)122(106-62-33-57-101-93-46-17-23-65-109(93)126-116(101)106)104-60-20-14-43-90(104)96-53-31-55-99-98-52-29-39-77(112(98)124-114(96)99)73-120(10,11)83-69-79(68-82(72-83)119(7,8)9)86-48-26-35-75-36-27-50-94(111(75)86)88-41-12-18-58-102(88)121(105-61-32-56-100-92-45-16-22-64-108(92)125-115(100)105)84-40-24-38-76(70-84)87-49-30-54-97-91-44-15-21-63-107(91)123-113(87)97/h12-72H,73H2,1-11H3. The Morgan fingerprint density at radius 3 is 1.16 bits per heavy atom. The molecule has 0 bridgehead atoms. The van der Waals surface area contributed by atoms with Crippen LogP contribution >= 0.6 is 22.7 Å². The van der Waals surface area contributed by atoms with Gasteiger partial charge in [-0.15, -0.1) is 22.7 Å². The van der Waals surface area contributed by atoms with Crippen LogP contribution in [0.25, 0.3) is 173 Å². The van der Waals surface area contributed by atoms with Gasteiger partial charge in [-0.05, 0) is 177 Å². The van der Waals surface area contributed by atoms with E-state index in [9.17, 15) is 0 Å². The molecule has 4 nitrogen and oxygen atoms in total. The van der Waals surface area contributed by atoms with Crippen molar-refractivity contribution in [1.82, 2.24) is 0 Å². The molecule has 18 aromatic carbocycles. The fourth-order valence-electron chi connectivity index (χ4n) is 19.8. The molecule has 0 atom stereocenters. The van der Waals surface area contributed by atoms with Gasteiger partial charge in [-0.2, -0.15) is 0 Å². The van der Waals surface area contributed by atoms with Crippen molar-refractivity contribution < 1.29 is 8.83 Å². The highest BCUT2D eigenvalue weighted by molar-refractivity contribution is 7.26. The zero-order valence-electron chi connectivity index (χ0n) is 73.0. The van der Waals surface area contributed by atoms with Gasteiger partial charge in [0.05, 0.1) is 37.8 Å². The van der Waals surface area contributed by atoms with Crippen molar-refractivity contribution in [2.24, 2.45) is 0 Å². The van der Waals surface area contributed by atoms with Crippen LogP contribution in [0.3, 0.4) is 0 Å². The highest BCUT2D eigenvalue weighted by atomic mass is 32.1. The molecule has 0 unspecified atom stereocenters. The highest BCUT2D eigenvalue weighted by Crippen LogP contribution is 2.55.